The highest BCUT2D eigenvalue weighted by molar-refractivity contribution is 6.04. The fraction of sp³-hybridized carbons (Fsp3) is 0.100. The molecule has 24 heavy (non-hydrogen) atoms. The fourth-order valence-corrected chi connectivity index (χ4v) is 3.50. The average molecular weight is 314 g/mol. The van der Waals surface area contributed by atoms with E-state index in [1.54, 1.807) is 0 Å². The lowest BCUT2D eigenvalue weighted by molar-refractivity contribution is 0.0130. The molecule has 0 saturated carbocycles. The molecule has 0 radical (unpaired) electrons. The molecule has 0 fully saturated rings. The summed E-state index contributed by atoms with van der Waals surface area (Å²) in [6.07, 6.45) is -2.07. The van der Waals surface area contributed by atoms with E-state index < -0.39 is 12.2 Å². The second kappa shape index (κ2) is 4.84. The van der Waals surface area contributed by atoms with Gasteiger partial charge in [0.1, 0.15) is 12.2 Å². The minimum absolute atomic E-state index is 0.435. The zero-order chi connectivity index (χ0) is 16.3. The van der Waals surface area contributed by atoms with Gasteiger partial charge in [0.2, 0.25) is 0 Å². The molecule has 0 amide bonds. The molecule has 0 unspecified atom stereocenters. The van der Waals surface area contributed by atoms with Crippen LogP contribution < -0.4 is 0 Å². The van der Waals surface area contributed by atoms with Gasteiger partial charge in [-0.1, -0.05) is 54.6 Å². The van der Waals surface area contributed by atoms with Gasteiger partial charge < -0.3 is 10.2 Å². The summed E-state index contributed by atoms with van der Waals surface area (Å²) in [6, 6.07) is 19.4. The molecule has 5 rings (SSSR count). The van der Waals surface area contributed by atoms with E-state index in [-0.39, 0.29) is 0 Å². The van der Waals surface area contributed by atoms with Crippen LogP contribution in [0.4, 0.5) is 0 Å². The zero-order valence-electron chi connectivity index (χ0n) is 12.7. The van der Waals surface area contributed by atoms with Crippen LogP contribution in [-0.4, -0.2) is 20.2 Å². The first-order valence-corrected chi connectivity index (χ1v) is 7.89. The lowest BCUT2D eigenvalue weighted by Crippen LogP contribution is -2.19. The van der Waals surface area contributed by atoms with Crippen molar-refractivity contribution in [3.8, 4) is 11.3 Å². The Morgan fingerprint density at radius 2 is 1.54 bits per heavy atom. The quantitative estimate of drug-likeness (QED) is 0.487. The van der Waals surface area contributed by atoms with E-state index in [0.717, 1.165) is 27.4 Å². The lowest BCUT2D eigenvalue weighted by atomic mass is 9.87. The number of nitrogens with zero attached hydrogens (tertiary/aromatic N) is 2. The van der Waals surface area contributed by atoms with Crippen molar-refractivity contribution in [1.29, 1.82) is 0 Å². The molecule has 3 aromatic carbocycles. The Morgan fingerprint density at radius 1 is 0.750 bits per heavy atom. The summed E-state index contributed by atoms with van der Waals surface area (Å²) in [7, 11) is 0. The summed E-state index contributed by atoms with van der Waals surface area (Å²) in [5, 5.41) is 23.1. The van der Waals surface area contributed by atoms with Crippen molar-refractivity contribution in [3.63, 3.8) is 0 Å². The molecule has 116 valence electrons. The summed E-state index contributed by atoms with van der Waals surface area (Å²) >= 11 is 0. The molecule has 1 aliphatic rings. The van der Waals surface area contributed by atoms with Gasteiger partial charge in [-0.05, 0) is 17.0 Å². The highest BCUT2D eigenvalue weighted by atomic mass is 16.3. The number of aromatic nitrogens is 2. The third-order valence-electron chi connectivity index (χ3n) is 4.70. The Hall–Kier alpha value is -2.82. The van der Waals surface area contributed by atoms with Crippen LogP contribution in [-0.2, 0) is 0 Å². The van der Waals surface area contributed by atoms with Crippen molar-refractivity contribution in [3.05, 3.63) is 71.9 Å². The van der Waals surface area contributed by atoms with Gasteiger partial charge in [0.05, 0.1) is 22.4 Å². The first kappa shape index (κ1) is 13.6. The Kier molecular flexibility index (Phi) is 2.74. The van der Waals surface area contributed by atoms with Crippen molar-refractivity contribution in [2.45, 2.75) is 12.2 Å². The minimum Gasteiger partial charge on any atom is -0.385 e. The summed E-state index contributed by atoms with van der Waals surface area (Å²) in [4.78, 5) is 9.46. The van der Waals surface area contributed by atoms with Gasteiger partial charge in [0, 0.05) is 10.9 Å². The van der Waals surface area contributed by atoms with Crippen molar-refractivity contribution >= 4 is 21.8 Å². The molecule has 1 aromatic heterocycles. The third kappa shape index (κ3) is 1.75. The van der Waals surface area contributed by atoms with Crippen LogP contribution in [0.2, 0.25) is 0 Å². The normalized spacial score (nSPS) is 19.2. The molecule has 2 N–H and O–H groups in total. The molecular formula is C20H14N2O2. The Morgan fingerprint density at radius 3 is 2.46 bits per heavy atom. The van der Waals surface area contributed by atoms with Crippen molar-refractivity contribution in [1.82, 2.24) is 9.97 Å². The summed E-state index contributed by atoms with van der Waals surface area (Å²) in [5.41, 5.74) is 4.12. The standard InChI is InChI=1S/C20H14N2O2/c23-19-14-8-4-3-7-13(14)17-18(20(19)24)22-16-12-6-2-1-5-11(12)9-10-15(16)21-17/h1-10,19-20,23-24H/t19-,20+/m1/s1. The third-order valence-corrected chi connectivity index (χ3v) is 4.70. The van der Waals surface area contributed by atoms with Crippen molar-refractivity contribution in [2.24, 2.45) is 0 Å². The van der Waals surface area contributed by atoms with Gasteiger partial charge >= 0.3 is 0 Å². The van der Waals surface area contributed by atoms with E-state index in [1.807, 2.05) is 60.7 Å². The van der Waals surface area contributed by atoms with Crippen LogP contribution in [0, 0.1) is 0 Å². The number of rotatable bonds is 0. The SMILES string of the molecule is O[C@@H]1c2ccccc2-c2nc3ccc4ccccc4c3nc2[C@@H]1O. The number of hydrogen-bond acceptors (Lipinski definition) is 4. The number of aliphatic hydroxyl groups excluding tert-OH is 2. The molecule has 0 spiro atoms. The van der Waals surface area contributed by atoms with E-state index in [0.29, 0.717) is 17.0 Å². The molecule has 0 bridgehead atoms. The minimum atomic E-state index is -1.08. The zero-order valence-corrected chi connectivity index (χ0v) is 12.7. The van der Waals surface area contributed by atoms with E-state index in [4.69, 9.17) is 9.97 Å². The van der Waals surface area contributed by atoms with Crippen LogP contribution in [0.25, 0.3) is 33.1 Å². The maximum atomic E-state index is 10.6. The Bertz CT molecular complexity index is 1110. The van der Waals surface area contributed by atoms with Gasteiger partial charge in [0.25, 0.3) is 0 Å². The maximum Gasteiger partial charge on any atom is 0.128 e. The van der Waals surface area contributed by atoms with Crippen LogP contribution in [0.3, 0.4) is 0 Å². The number of benzene rings is 3. The Balaban J connectivity index is 1.90. The fourth-order valence-electron chi connectivity index (χ4n) is 3.50. The summed E-state index contributed by atoms with van der Waals surface area (Å²) in [5.74, 6) is 0. The van der Waals surface area contributed by atoms with E-state index >= 15 is 0 Å². The molecule has 4 aromatic rings. The molecule has 4 heteroatoms. The number of hydrogen-bond donors (Lipinski definition) is 2. The smallest absolute Gasteiger partial charge is 0.128 e. The number of fused-ring (bicyclic) bond motifs is 6. The highest BCUT2D eigenvalue weighted by Gasteiger charge is 2.33. The molecule has 0 aliphatic heterocycles. The maximum absolute atomic E-state index is 10.6. The van der Waals surface area contributed by atoms with Gasteiger partial charge in [-0.3, -0.25) is 0 Å². The van der Waals surface area contributed by atoms with Gasteiger partial charge in [-0.15, -0.1) is 0 Å². The molecule has 1 aliphatic carbocycles. The molecule has 0 saturated heterocycles. The first-order valence-electron chi connectivity index (χ1n) is 7.89. The van der Waals surface area contributed by atoms with E-state index in [9.17, 15) is 10.2 Å². The molecule has 2 atom stereocenters. The van der Waals surface area contributed by atoms with Crippen LogP contribution in [0.15, 0.2) is 60.7 Å². The van der Waals surface area contributed by atoms with Crippen LogP contribution in [0.5, 0.6) is 0 Å². The monoisotopic (exact) mass is 314 g/mol. The van der Waals surface area contributed by atoms with Gasteiger partial charge in [-0.2, -0.15) is 0 Å². The van der Waals surface area contributed by atoms with Gasteiger partial charge in [0.15, 0.2) is 0 Å². The van der Waals surface area contributed by atoms with Gasteiger partial charge in [-0.25, -0.2) is 9.97 Å². The second-order valence-corrected chi connectivity index (χ2v) is 6.09. The predicted molar refractivity (Wildman–Crippen MR) is 92.4 cm³/mol. The Labute approximate surface area is 138 Å². The summed E-state index contributed by atoms with van der Waals surface area (Å²) < 4.78 is 0. The van der Waals surface area contributed by atoms with Crippen LogP contribution >= 0.6 is 0 Å². The largest absolute Gasteiger partial charge is 0.385 e. The molecular weight excluding hydrogens is 300 g/mol. The first-order chi connectivity index (χ1) is 11.7. The number of aliphatic hydroxyl groups is 2. The van der Waals surface area contributed by atoms with Crippen molar-refractivity contribution < 1.29 is 10.2 Å². The van der Waals surface area contributed by atoms with Crippen LogP contribution in [0.1, 0.15) is 23.5 Å². The predicted octanol–water partition coefficient (Wildman–Crippen LogP) is 3.53. The lowest BCUT2D eigenvalue weighted by Gasteiger charge is -2.27. The molecule has 4 nitrogen and oxygen atoms in total. The van der Waals surface area contributed by atoms with E-state index in [1.165, 1.54) is 0 Å². The highest BCUT2D eigenvalue weighted by Crippen LogP contribution is 2.43. The molecule has 1 heterocycles. The van der Waals surface area contributed by atoms with Crippen molar-refractivity contribution in [2.75, 3.05) is 0 Å². The second-order valence-electron chi connectivity index (χ2n) is 6.09. The topological polar surface area (TPSA) is 66.2 Å². The average Bonchev–Trinajstić information content (AvgIpc) is 2.65. The van der Waals surface area contributed by atoms with E-state index in [2.05, 4.69) is 0 Å². The summed E-state index contributed by atoms with van der Waals surface area (Å²) in [6.45, 7) is 0.